The highest BCUT2D eigenvalue weighted by Gasteiger charge is 2.18. The molecule has 0 spiro atoms. The zero-order chi connectivity index (χ0) is 14.8. The van der Waals surface area contributed by atoms with Crippen molar-refractivity contribution in [2.24, 2.45) is 0 Å². The highest BCUT2D eigenvalue weighted by molar-refractivity contribution is 9.10. The number of rotatable bonds is 4. The second-order valence-corrected chi connectivity index (χ2v) is 7.23. The van der Waals surface area contributed by atoms with Crippen molar-refractivity contribution >= 4 is 31.5 Å². The van der Waals surface area contributed by atoms with E-state index in [0.29, 0.717) is 4.47 Å². The summed E-state index contributed by atoms with van der Waals surface area (Å²) in [6.07, 6.45) is 1.56. The Balaban J connectivity index is 2.26. The van der Waals surface area contributed by atoms with Crippen LogP contribution in [0, 0.1) is 0 Å². The summed E-state index contributed by atoms with van der Waals surface area (Å²) in [5.41, 5.74) is 5.68. The Morgan fingerprint density at radius 3 is 2.65 bits per heavy atom. The molecule has 2 rings (SSSR count). The molecule has 7 heteroatoms. The lowest BCUT2D eigenvalue weighted by Crippen LogP contribution is -2.23. The first kappa shape index (κ1) is 14.8. The van der Waals surface area contributed by atoms with Crippen LogP contribution in [0.3, 0.4) is 0 Å². The molecule has 0 aliphatic carbocycles. The van der Waals surface area contributed by atoms with Gasteiger partial charge in [0.2, 0.25) is 0 Å². The third-order valence-electron chi connectivity index (χ3n) is 2.81. The van der Waals surface area contributed by atoms with Gasteiger partial charge in [0.15, 0.2) is 9.84 Å². The summed E-state index contributed by atoms with van der Waals surface area (Å²) in [5, 5.41) is 0. The Morgan fingerprint density at radius 2 is 1.95 bits per heavy atom. The predicted molar refractivity (Wildman–Crippen MR) is 81.3 cm³/mol. The van der Waals surface area contributed by atoms with E-state index in [2.05, 4.69) is 15.9 Å². The zero-order valence-electron chi connectivity index (χ0n) is 10.5. The second kappa shape index (κ2) is 5.80. The quantitative estimate of drug-likeness (QED) is 0.844. The zero-order valence-corrected chi connectivity index (χ0v) is 12.9. The van der Waals surface area contributed by atoms with E-state index >= 15 is 0 Å². The van der Waals surface area contributed by atoms with Crippen molar-refractivity contribution in [2.75, 3.05) is 11.5 Å². The number of halogens is 1. The number of nitrogen functional groups attached to an aromatic ring is 1. The van der Waals surface area contributed by atoms with Crippen LogP contribution in [0.15, 0.2) is 56.8 Å². The van der Waals surface area contributed by atoms with Crippen LogP contribution in [0.5, 0.6) is 0 Å². The van der Waals surface area contributed by atoms with E-state index in [9.17, 15) is 13.2 Å². The van der Waals surface area contributed by atoms with Gasteiger partial charge in [-0.15, -0.1) is 0 Å². The molecule has 2 aromatic rings. The number of aryl methyl sites for hydroxylation is 1. The van der Waals surface area contributed by atoms with Crippen LogP contribution in [-0.2, 0) is 16.4 Å². The number of nitrogens with zero attached hydrogens (tertiary/aromatic N) is 1. The van der Waals surface area contributed by atoms with Crippen LogP contribution in [0.2, 0.25) is 0 Å². The van der Waals surface area contributed by atoms with Crippen LogP contribution < -0.4 is 11.3 Å². The summed E-state index contributed by atoms with van der Waals surface area (Å²) in [6, 6.07) is 9.36. The van der Waals surface area contributed by atoms with Gasteiger partial charge in [0.05, 0.1) is 16.3 Å². The van der Waals surface area contributed by atoms with Crippen molar-refractivity contribution in [1.82, 2.24) is 4.57 Å². The number of anilines is 1. The first-order chi connectivity index (χ1) is 9.40. The number of aromatic nitrogens is 1. The lowest BCUT2D eigenvalue weighted by molar-refractivity contribution is 0.587. The van der Waals surface area contributed by atoms with E-state index in [4.69, 9.17) is 5.73 Å². The maximum absolute atomic E-state index is 12.3. The largest absolute Gasteiger partial charge is 0.398 e. The SMILES string of the molecule is Nc1ccc(Br)cc1S(=O)(=O)CCn1ccccc1=O. The topological polar surface area (TPSA) is 82.2 Å². The van der Waals surface area contributed by atoms with Gasteiger partial charge >= 0.3 is 0 Å². The number of pyridine rings is 1. The van der Waals surface area contributed by atoms with Gasteiger partial charge in [-0.2, -0.15) is 0 Å². The molecule has 20 heavy (non-hydrogen) atoms. The van der Waals surface area contributed by atoms with Crippen LogP contribution in [0.4, 0.5) is 5.69 Å². The second-order valence-electron chi connectivity index (χ2n) is 4.23. The molecule has 0 fully saturated rings. The van der Waals surface area contributed by atoms with Gasteiger partial charge in [-0.25, -0.2) is 8.42 Å². The molecule has 0 atom stereocenters. The highest BCUT2D eigenvalue weighted by Crippen LogP contribution is 2.24. The van der Waals surface area contributed by atoms with Crippen molar-refractivity contribution in [3.63, 3.8) is 0 Å². The highest BCUT2D eigenvalue weighted by atomic mass is 79.9. The fourth-order valence-corrected chi connectivity index (χ4v) is 3.65. The average molecular weight is 357 g/mol. The molecule has 0 bridgehead atoms. The summed E-state index contributed by atoms with van der Waals surface area (Å²) in [6.45, 7) is 0.0912. The van der Waals surface area contributed by atoms with Crippen molar-refractivity contribution in [2.45, 2.75) is 11.4 Å². The molecule has 5 nitrogen and oxygen atoms in total. The summed E-state index contributed by atoms with van der Waals surface area (Å²) in [4.78, 5) is 11.6. The van der Waals surface area contributed by atoms with E-state index in [0.717, 1.165) is 0 Å². The van der Waals surface area contributed by atoms with E-state index in [1.165, 1.54) is 22.8 Å². The van der Waals surface area contributed by atoms with E-state index < -0.39 is 9.84 Å². The van der Waals surface area contributed by atoms with Crippen molar-refractivity contribution in [3.8, 4) is 0 Å². The molecule has 0 radical (unpaired) electrons. The number of hydrogen-bond donors (Lipinski definition) is 1. The lowest BCUT2D eigenvalue weighted by atomic mass is 10.3. The van der Waals surface area contributed by atoms with Gasteiger partial charge in [-0.3, -0.25) is 4.79 Å². The van der Waals surface area contributed by atoms with Crippen molar-refractivity contribution in [3.05, 3.63) is 57.4 Å². The number of benzene rings is 1. The Bertz CT molecular complexity index is 784. The fraction of sp³-hybridized carbons (Fsp3) is 0.154. The van der Waals surface area contributed by atoms with Crippen LogP contribution in [-0.4, -0.2) is 18.7 Å². The Kier molecular flexibility index (Phi) is 4.29. The third kappa shape index (κ3) is 3.29. The smallest absolute Gasteiger partial charge is 0.250 e. The van der Waals surface area contributed by atoms with Gasteiger partial charge in [-0.1, -0.05) is 22.0 Å². The molecule has 2 N–H and O–H groups in total. The summed E-state index contributed by atoms with van der Waals surface area (Å²) < 4.78 is 26.5. The Morgan fingerprint density at radius 1 is 1.20 bits per heavy atom. The summed E-state index contributed by atoms with van der Waals surface area (Å²) in [5.74, 6) is -0.183. The third-order valence-corrected chi connectivity index (χ3v) is 5.05. The lowest BCUT2D eigenvalue weighted by Gasteiger charge is -2.09. The van der Waals surface area contributed by atoms with Gasteiger partial charge in [-0.05, 0) is 24.3 Å². The monoisotopic (exact) mass is 356 g/mol. The molecule has 106 valence electrons. The van der Waals surface area contributed by atoms with Crippen LogP contribution >= 0.6 is 15.9 Å². The molecule has 1 aromatic heterocycles. The Hall–Kier alpha value is -1.60. The molecular weight excluding hydrogens is 344 g/mol. The average Bonchev–Trinajstić information content (AvgIpc) is 2.40. The standard InChI is InChI=1S/C13H13BrN2O3S/c14-10-4-5-11(15)12(9-10)20(18,19)8-7-16-6-2-1-3-13(16)17/h1-6,9H,7-8,15H2. The molecule has 0 unspecified atom stereocenters. The Labute approximate surface area is 125 Å². The van der Waals surface area contributed by atoms with Gasteiger partial charge in [0, 0.05) is 23.3 Å². The van der Waals surface area contributed by atoms with Crippen molar-refractivity contribution in [1.29, 1.82) is 0 Å². The molecular formula is C13H13BrN2O3S. The molecule has 1 aromatic carbocycles. The van der Waals surface area contributed by atoms with E-state index in [-0.39, 0.29) is 28.4 Å². The maximum atomic E-state index is 12.3. The van der Waals surface area contributed by atoms with Gasteiger partial charge in [0.1, 0.15) is 0 Å². The predicted octanol–water partition coefficient (Wildman–Crippen LogP) is 1.67. The maximum Gasteiger partial charge on any atom is 0.250 e. The molecule has 0 amide bonds. The normalized spacial score (nSPS) is 11.4. The number of hydrogen-bond acceptors (Lipinski definition) is 4. The van der Waals surface area contributed by atoms with E-state index in [1.54, 1.807) is 24.4 Å². The first-order valence-electron chi connectivity index (χ1n) is 5.83. The summed E-state index contributed by atoms with van der Waals surface area (Å²) in [7, 11) is -3.54. The first-order valence-corrected chi connectivity index (χ1v) is 8.28. The van der Waals surface area contributed by atoms with Crippen molar-refractivity contribution < 1.29 is 8.42 Å². The molecule has 0 saturated carbocycles. The number of sulfone groups is 1. The van der Waals surface area contributed by atoms with E-state index in [1.807, 2.05) is 0 Å². The van der Waals surface area contributed by atoms with Crippen LogP contribution in [0.25, 0.3) is 0 Å². The molecule has 1 heterocycles. The molecule has 0 aliphatic heterocycles. The van der Waals surface area contributed by atoms with Gasteiger partial charge in [0.25, 0.3) is 5.56 Å². The van der Waals surface area contributed by atoms with Gasteiger partial charge < -0.3 is 10.3 Å². The minimum Gasteiger partial charge on any atom is -0.398 e. The summed E-state index contributed by atoms with van der Waals surface area (Å²) >= 11 is 3.22. The molecule has 0 aliphatic rings. The minimum atomic E-state index is -3.54. The van der Waals surface area contributed by atoms with Crippen LogP contribution in [0.1, 0.15) is 0 Å². The minimum absolute atomic E-state index is 0.0795. The number of nitrogens with two attached hydrogens (primary N) is 1. The molecule has 0 saturated heterocycles. The fourth-order valence-electron chi connectivity index (χ4n) is 1.75.